The maximum atomic E-state index is 12.8. The third kappa shape index (κ3) is 9.84. The van der Waals surface area contributed by atoms with Crippen LogP contribution in [0.25, 0.3) is 0 Å². The minimum absolute atomic E-state index is 0.171. The van der Waals surface area contributed by atoms with Crippen LogP contribution in [0.5, 0.6) is 5.75 Å². The Morgan fingerprint density at radius 3 is 2.28 bits per heavy atom. The molecule has 1 saturated carbocycles. The number of halogens is 6. The summed E-state index contributed by atoms with van der Waals surface area (Å²) in [6.07, 6.45) is -5.55. The number of aliphatic hydroxyl groups is 1. The van der Waals surface area contributed by atoms with Crippen LogP contribution < -0.4 is 10.1 Å². The average molecular weight is 430 g/mol. The summed E-state index contributed by atoms with van der Waals surface area (Å²) in [5.41, 5.74) is -0.763. The number of nitrogens with one attached hydrogen (secondary N) is 1. The number of hydrogen-bond donors (Lipinski definition) is 3. The Bertz CT molecular complexity index is 628. The van der Waals surface area contributed by atoms with Gasteiger partial charge in [-0.15, -0.1) is 0 Å². The fourth-order valence-electron chi connectivity index (χ4n) is 2.61. The Hall–Kier alpha value is -2.01. The third-order valence-corrected chi connectivity index (χ3v) is 4.08. The van der Waals surface area contributed by atoms with Crippen LogP contribution in [0.3, 0.4) is 0 Å². The molecule has 11 heteroatoms. The quantitative estimate of drug-likeness (QED) is 0.473. The fourth-order valence-corrected chi connectivity index (χ4v) is 2.61. The van der Waals surface area contributed by atoms with Gasteiger partial charge in [0.1, 0.15) is 5.75 Å². The highest BCUT2D eigenvalue weighted by molar-refractivity contribution is 5.73. The van der Waals surface area contributed by atoms with Crippen LogP contribution in [0.15, 0.2) is 18.2 Å². The molecule has 3 N–H and O–H groups in total. The predicted octanol–water partition coefficient (Wildman–Crippen LogP) is 3.80. The van der Waals surface area contributed by atoms with Gasteiger partial charge in [-0.1, -0.05) is 6.07 Å². The van der Waals surface area contributed by atoms with Crippen LogP contribution in [0.1, 0.15) is 37.7 Å². The van der Waals surface area contributed by atoms with Crippen molar-refractivity contribution in [3.8, 4) is 5.75 Å². The number of aliphatic carboxylic acids is 1. The number of carboxylic acids is 1. The van der Waals surface area contributed by atoms with Crippen molar-refractivity contribution < 1.29 is 46.1 Å². The van der Waals surface area contributed by atoms with Crippen molar-refractivity contribution in [2.45, 2.75) is 56.6 Å². The molecular weight excluding hydrogens is 408 g/mol. The standard InChI is InChI=1S/C16H21F3NO2.C2HF3O2/c17-16(18,19)14-4-1-2-5-15(14)22-11-3-10-20-12-6-8-13(21)9-7-12;3-2(4,5)1(6)7/h1,4-5,12-13,20-21H,3,6-11H2;(H,6,7). The van der Waals surface area contributed by atoms with E-state index in [0.717, 1.165) is 31.7 Å². The molecule has 2 rings (SSSR count). The first-order valence-electron chi connectivity index (χ1n) is 8.83. The van der Waals surface area contributed by atoms with E-state index in [2.05, 4.69) is 11.4 Å². The number of ether oxygens (including phenoxy) is 1. The molecule has 1 fully saturated rings. The monoisotopic (exact) mass is 430 g/mol. The average Bonchev–Trinajstić information content (AvgIpc) is 2.62. The van der Waals surface area contributed by atoms with Crippen LogP contribution in [0.4, 0.5) is 26.3 Å². The first kappa shape index (κ1) is 25.0. The van der Waals surface area contributed by atoms with Gasteiger partial charge in [0, 0.05) is 6.04 Å². The second-order valence-corrected chi connectivity index (χ2v) is 6.38. The third-order valence-electron chi connectivity index (χ3n) is 4.08. The van der Waals surface area contributed by atoms with E-state index in [1.54, 1.807) is 0 Å². The first-order valence-corrected chi connectivity index (χ1v) is 8.83. The van der Waals surface area contributed by atoms with E-state index in [0.29, 0.717) is 19.0 Å². The number of carbonyl (C=O) groups is 1. The van der Waals surface area contributed by atoms with Crippen LogP contribution in [-0.2, 0) is 11.0 Å². The topological polar surface area (TPSA) is 78.8 Å². The minimum Gasteiger partial charge on any atom is -0.493 e. The SMILES string of the molecule is O=C(O)C(F)(F)F.OC1CCC(NCCCOc2c[c]ccc2C(F)(F)F)CC1. The maximum Gasteiger partial charge on any atom is 0.490 e. The summed E-state index contributed by atoms with van der Waals surface area (Å²) in [5.74, 6) is -2.93. The highest BCUT2D eigenvalue weighted by Crippen LogP contribution is 2.35. The molecule has 0 aromatic heterocycles. The van der Waals surface area contributed by atoms with Crippen molar-refractivity contribution in [3.63, 3.8) is 0 Å². The summed E-state index contributed by atoms with van der Waals surface area (Å²) < 4.78 is 75.3. The Morgan fingerprint density at radius 1 is 1.17 bits per heavy atom. The zero-order valence-electron chi connectivity index (χ0n) is 15.3. The van der Waals surface area contributed by atoms with Crippen molar-refractivity contribution >= 4 is 5.97 Å². The molecule has 1 aromatic carbocycles. The summed E-state index contributed by atoms with van der Waals surface area (Å²) >= 11 is 0. The molecule has 0 unspecified atom stereocenters. The lowest BCUT2D eigenvalue weighted by atomic mass is 9.93. The van der Waals surface area contributed by atoms with Gasteiger partial charge in [-0.2, -0.15) is 26.3 Å². The smallest absolute Gasteiger partial charge is 0.490 e. The molecule has 1 radical (unpaired) electrons. The van der Waals surface area contributed by atoms with Crippen LogP contribution in [0.2, 0.25) is 0 Å². The molecule has 1 aliphatic carbocycles. The predicted molar refractivity (Wildman–Crippen MR) is 90.3 cm³/mol. The fraction of sp³-hybridized carbons (Fsp3) is 0.611. The Kier molecular flexibility index (Phi) is 9.71. The zero-order valence-corrected chi connectivity index (χ0v) is 15.3. The number of alkyl halides is 6. The van der Waals surface area contributed by atoms with E-state index in [-0.39, 0.29) is 18.5 Å². The molecule has 0 aliphatic heterocycles. The molecule has 29 heavy (non-hydrogen) atoms. The van der Waals surface area contributed by atoms with Gasteiger partial charge in [-0.05, 0) is 56.8 Å². The molecule has 0 saturated heterocycles. The second-order valence-electron chi connectivity index (χ2n) is 6.38. The Labute approximate surface area is 163 Å². The van der Waals surface area contributed by atoms with Gasteiger partial charge in [0.2, 0.25) is 0 Å². The van der Waals surface area contributed by atoms with Gasteiger partial charge in [0.05, 0.1) is 18.3 Å². The zero-order chi connectivity index (χ0) is 22.1. The largest absolute Gasteiger partial charge is 0.493 e. The summed E-state index contributed by atoms with van der Waals surface area (Å²) in [7, 11) is 0. The molecule has 1 aromatic rings. The minimum atomic E-state index is -5.08. The van der Waals surface area contributed by atoms with Crippen molar-refractivity contribution in [3.05, 3.63) is 29.8 Å². The molecule has 0 bridgehead atoms. The van der Waals surface area contributed by atoms with Crippen LogP contribution >= 0.6 is 0 Å². The molecule has 0 spiro atoms. The number of hydrogen-bond acceptors (Lipinski definition) is 4. The van der Waals surface area contributed by atoms with E-state index in [1.165, 1.54) is 12.1 Å². The molecule has 0 heterocycles. The molecule has 165 valence electrons. The van der Waals surface area contributed by atoms with Gasteiger partial charge in [-0.25, -0.2) is 4.79 Å². The van der Waals surface area contributed by atoms with Gasteiger partial charge in [0.15, 0.2) is 0 Å². The molecule has 0 atom stereocenters. The van der Waals surface area contributed by atoms with Gasteiger partial charge in [0.25, 0.3) is 0 Å². The lowest BCUT2D eigenvalue weighted by Gasteiger charge is -2.26. The van der Waals surface area contributed by atoms with Gasteiger partial charge < -0.3 is 20.3 Å². The van der Waals surface area contributed by atoms with Crippen molar-refractivity contribution in [1.82, 2.24) is 5.32 Å². The van der Waals surface area contributed by atoms with E-state index in [4.69, 9.17) is 14.6 Å². The normalized spacial score (nSPS) is 19.8. The molecule has 1 aliphatic rings. The number of aliphatic hydroxyl groups excluding tert-OH is 1. The second kappa shape index (κ2) is 11.2. The van der Waals surface area contributed by atoms with Gasteiger partial charge in [-0.3, -0.25) is 0 Å². The Balaban J connectivity index is 0.000000516. The van der Waals surface area contributed by atoms with E-state index >= 15 is 0 Å². The summed E-state index contributed by atoms with van der Waals surface area (Å²) in [6, 6.07) is 6.42. The Morgan fingerprint density at radius 2 is 1.76 bits per heavy atom. The summed E-state index contributed by atoms with van der Waals surface area (Å²) in [4.78, 5) is 8.90. The molecule has 5 nitrogen and oxygen atoms in total. The highest BCUT2D eigenvalue weighted by Gasteiger charge is 2.38. The summed E-state index contributed by atoms with van der Waals surface area (Å²) in [6.45, 7) is 0.919. The molecule has 0 amide bonds. The van der Waals surface area contributed by atoms with Crippen molar-refractivity contribution in [1.29, 1.82) is 0 Å². The van der Waals surface area contributed by atoms with Crippen molar-refractivity contribution in [2.75, 3.05) is 13.2 Å². The lowest BCUT2D eigenvalue weighted by molar-refractivity contribution is -0.192. The number of rotatable bonds is 6. The number of benzene rings is 1. The van der Waals surface area contributed by atoms with E-state index < -0.39 is 23.9 Å². The van der Waals surface area contributed by atoms with E-state index in [9.17, 15) is 31.4 Å². The first-order chi connectivity index (χ1) is 13.4. The van der Waals surface area contributed by atoms with Crippen molar-refractivity contribution in [2.24, 2.45) is 0 Å². The summed E-state index contributed by atoms with van der Waals surface area (Å²) in [5, 5.41) is 19.9. The van der Waals surface area contributed by atoms with E-state index in [1.807, 2.05) is 0 Å². The highest BCUT2D eigenvalue weighted by atomic mass is 19.4. The maximum absolute atomic E-state index is 12.8. The van der Waals surface area contributed by atoms with Crippen LogP contribution in [0, 0.1) is 6.07 Å². The number of carboxylic acid groups (broad SMARTS) is 1. The van der Waals surface area contributed by atoms with Gasteiger partial charge >= 0.3 is 18.3 Å². The van der Waals surface area contributed by atoms with Crippen LogP contribution in [-0.4, -0.2) is 47.7 Å². The molecular formula is C18H22F6NO4. The lowest BCUT2D eigenvalue weighted by Crippen LogP contribution is -2.35.